The minimum atomic E-state index is -1.38. The van der Waals surface area contributed by atoms with Gasteiger partial charge in [-0.2, -0.15) is 21.0 Å². The van der Waals surface area contributed by atoms with E-state index >= 15 is 0 Å². The maximum Gasteiger partial charge on any atom is 0.488 e. The van der Waals surface area contributed by atoms with Crippen molar-refractivity contribution in [3.05, 3.63) is 135 Å². The van der Waals surface area contributed by atoms with Gasteiger partial charge in [0.05, 0.1) is 22.3 Å². The van der Waals surface area contributed by atoms with E-state index in [1.807, 2.05) is 54.6 Å². The minimum absolute atomic E-state index is 0.405. The third kappa shape index (κ3) is 9.10. The van der Waals surface area contributed by atoms with Crippen LogP contribution in [0.3, 0.4) is 0 Å². The van der Waals surface area contributed by atoms with E-state index in [0.717, 1.165) is 25.8 Å². The molecule has 0 radical (unpaired) electrons. The molecule has 0 atom stereocenters. The third-order valence-corrected chi connectivity index (χ3v) is 6.10. The summed E-state index contributed by atoms with van der Waals surface area (Å²) in [5, 5.41) is 52.4. The predicted molar refractivity (Wildman–Crippen MR) is 166 cm³/mol. The summed E-state index contributed by atoms with van der Waals surface area (Å²) in [6.45, 7) is 7.28. The smallest absolute Gasteiger partial charge is 0.423 e. The van der Waals surface area contributed by atoms with Gasteiger partial charge >= 0.3 is 7.12 Å². The highest BCUT2D eigenvalue weighted by Gasteiger charge is 2.08. The van der Waals surface area contributed by atoms with Crippen LogP contribution in [0.2, 0.25) is 0 Å². The average molecular weight is 632 g/mol. The van der Waals surface area contributed by atoms with Crippen LogP contribution in [-0.2, 0) is 0 Å². The van der Waals surface area contributed by atoms with Crippen LogP contribution in [0, 0.1) is 48.9 Å². The van der Waals surface area contributed by atoms with Crippen LogP contribution in [0.5, 0.6) is 0 Å². The number of hydrogen-bond donors (Lipinski definition) is 2. The Morgan fingerprint density at radius 1 is 0.575 bits per heavy atom. The molecule has 40 heavy (non-hydrogen) atoms. The van der Waals surface area contributed by atoms with Crippen molar-refractivity contribution < 1.29 is 10.0 Å². The summed E-state index contributed by atoms with van der Waals surface area (Å²) in [6.07, 6.45) is 3.48. The number of nitriles is 4. The standard InChI is InChI=1S/C16H10N2.C8H9BO2.C8H3IN2/c1-2-12-3-5-13(6-4-12)14-7-8-15(10-17)16(9-14)11-18;1-2-7-3-5-8(6-4-7)9(10)11;9-8-2-1-6(4-10)7(3-8)5-11/h2-9H,1H2;2-6,10-11H,1H2;1-3H. The Kier molecular flexibility index (Phi) is 12.6. The van der Waals surface area contributed by atoms with Gasteiger partial charge < -0.3 is 10.0 Å². The Balaban J connectivity index is 0.000000222. The normalized spacial score (nSPS) is 8.97. The lowest BCUT2D eigenvalue weighted by Crippen LogP contribution is -2.29. The summed E-state index contributed by atoms with van der Waals surface area (Å²) >= 11 is 2.10. The summed E-state index contributed by atoms with van der Waals surface area (Å²) in [5.41, 5.74) is 6.15. The molecule has 0 aliphatic carbocycles. The Hall–Kier alpha value is -4.97. The van der Waals surface area contributed by atoms with E-state index in [4.69, 9.17) is 31.1 Å². The van der Waals surface area contributed by atoms with Gasteiger partial charge in [0.2, 0.25) is 0 Å². The molecule has 2 N–H and O–H groups in total. The van der Waals surface area contributed by atoms with Gasteiger partial charge in [0.25, 0.3) is 0 Å². The molecule has 0 aromatic heterocycles. The van der Waals surface area contributed by atoms with E-state index in [-0.39, 0.29) is 0 Å². The summed E-state index contributed by atoms with van der Waals surface area (Å²) < 4.78 is 0.971. The molecular weight excluding hydrogens is 610 g/mol. The van der Waals surface area contributed by atoms with Crippen LogP contribution in [-0.4, -0.2) is 17.2 Å². The SMILES string of the molecule is C=Cc1ccc(-c2ccc(C#N)c(C#N)c2)cc1.C=Cc1ccc(B(O)O)cc1.N#Cc1ccc(I)cc1C#N. The van der Waals surface area contributed by atoms with E-state index in [0.29, 0.717) is 27.7 Å². The molecule has 0 spiro atoms. The van der Waals surface area contributed by atoms with Crippen molar-refractivity contribution in [2.75, 3.05) is 0 Å². The lowest BCUT2D eigenvalue weighted by atomic mass is 9.80. The molecule has 0 saturated heterocycles. The molecule has 4 aromatic carbocycles. The Morgan fingerprint density at radius 3 is 1.45 bits per heavy atom. The number of rotatable bonds is 4. The average Bonchev–Trinajstić information content (AvgIpc) is 3.01. The van der Waals surface area contributed by atoms with Crippen molar-refractivity contribution >= 4 is 47.3 Å². The van der Waals surface area contributed by atoms with Crippen molar-refractivity contribution in [3.63, 3.8) is 0 Å². The van der Waals surface area contributed by atoms with Crippen LogP contribution in [0.4, 0.5) is 0 Å². The monoisotopic (exact) mass is 632 g/mol. The van der Waals surface area contributed by atoms with E-state index in [2.05, 4.69) is 35.7 Å². The fraction of sp³-hybridized carbons (Fsp3) is 0. The van der Waals surface area contributed by atoms with Crippen LogP contribution in [0.1, 0.15) is 33.4 Å². The fourth-order valence-corrected chi connectivity index (χ4v) is 3.73. The molecule has 0 heterocycles. The van der Waals surface area contributed by atoms with Crippen molar-refractivity contribution in [2.24, 2.45) is 0 Å². The zero-order valence-electron chi connectivity index (χ0n) is 21.3. The molecule has 0 bridgehead atoms. The highest BCUT2D eigenvalue weighted by Crippen LogP contribution is 2.23. The summed E-state index contributed by atoms with van der Waals surface area (Å²) in [6, 6.07) is 33.1. The molecule has 8 heteroatoms. The van der Waals surface area contributed by atoms with Crippen molar-refractivity contribution in [1.82, 2.24) is 0 Å². The van der Waals surface area contributed by atoms with E-state index < -0.39 is 7.12 Å². The number of benzene rings is 4. The van der Waals surface area contributed by atoms with Gasteiger partial charge in [0.15, 0.2) is 0 Å². The van der Waals surface area contributed by atoms with E-state index in [1.165, 1.54) is 0 Å². The van der Waals surface area contributed by atoms with Gasteiger partial charge in [0.1, 0.15) is 24.3 Å². The first-order valence-electron chi connectivity index (χ1n) is 11.7. The van der Waals surface area contributed by atoms with Gasteiger partial charge in [-0.25, -0.2) is 0 Å². The second-order valence-electron chi connectivity index (χ2n) is 7.97. The summed E-state index contributed by atoms with van der Waals surface area (Å²) in [5.74, 6) is 0. The molecule has 192 valence electrons. The fourth-order valence-electron chi connectivity index (χ4n) is 3.24. The second kappa shape index (κ2) is 16.1. The zero-order chi connectivity index (χ0) is 29.5. The van der Waals surface area contributed by atoms with Crippen LogP contribution >= 0.6 is 22.6 Å². The minimum Gasteiger partial charge on any atom is -0.423 e. The van der Waals surface area contributed by atoms with Crippen LogP contribution in [0.25, 0.3) is 23.3 Å². The second-order valence-corrected chi connectivity index (χ2v) is 9.21. The molecule has 0 unspecified atom stereocenters. The first kappa shape index (κ1) is 31.3. The van der Waals surface area contributed by atoms with E-state index in [9.17, 15) is 0 Å². The quantitative estimate of drug-likeness (QED) is 0.216. The third-order valence-electron chi connectivity index (χ3n) is 5.43. The van der Waals surface area contributed by atoms with Crippen molar-refractivity contribution in [2.45, 2.75) is 0 Å². The van der Waals surface area contributed by atoms with Crippen molar-refractivity contribution in [3.8, 4) is 35.4 Å². The van der Waals surface area contributed by atoms with Gasteiger partial charge in [0, 0.05) is 3.57 Å². The largest absolute Gasteiger partial charge is 0.488 e. The van der Waals surface area contributed by atoms with Gasteiger partial charge in [-0.05, 0) is 80.6 Å². The summed E-state index contributed by atoms with van der Waals surface area (Å²) in [4.78, 5) is 0. The Labute approximate surface area is 247 Å². The van der Waals surface area contributed by atoms with Gasteiger partial charge in [-0.1, -0.05) is 79.9 Å². The maximum absolute atomic E-state index is 8.99. The Morgan fingerprint density at radius 2 is 1.00 bits per heavy atom. The molecule has 6 nitrogen and oxygen atoms in total. The van der Waals surface area contributed by atoms with Crippen LogP contribution in [0.15, 0.2) is 98.1 Å². The van der Waals surface area contributed by atoms with Crippen LogP contribution < -0.4 is 5.46 Å². The first-order valence-corrected chi connectivity index (χ1v) is 12.7. The molecule has 4 aromatic rings. The first-order chi connectivity index (χ1) is 19.3. The highest BCUT2D eigenvalue weighted by molar-refractivity contribution is 14.1. The summed E-state index contributed by atoms with van der Waals surface area (Å²) in [7, 11) is -1.38. The molecule has 0 aliphatic rings. The number of nitrogens with zero attached hydrogens (tertiary/aromatic N) is 4. The number of hydrogen-bond acceptors (Lipinski definition) is 6. The molecular formula is C32H22BIN4O2. The van der Waals surface area contributed by atoms with Gasteiger partial charge in [-0.3, -0.25) is 0 Å². The highest BCUT2D eigenvalue weighted by atomic mass is 127. The predicted octanol–water partition coefficient (Wildman–Crippen LogP) is 5.78. The molecule has 0 amide bonds. The molecule has 0 aliphatic heterocycles. The van der Waals surface area contributed by atoms with E-state index in [1.54, 1.807) is 66.7 Å². The number of halogens is 1. The maximum atomic E-state index is 8.99. The van der Waals surface area contributed by atoms with Crippen molar-refractivity contribution in [1.29, 1.82) is 21.0 Å². The Bertz CT molecular complexity index is 1650. The topological polar surface area (TPSA) is 136 Å². The lowest BCUT2D eigenvalue weighted by Gasteiger charge is -2.03. The van der Waals surface area contributed by atoms with Gasteiger partial charge in [-0.15, -0.1) is 0 Å². The molecule has 4 rings (SSSR count). The lowest BCUT2D eigenvalue weighted by molar-refractivity contribution is 0.426. The molecule has 0 saturated carbocycles. The molecule has 0 fully saturated rings. The zero-order valence-corrected chi connectivity index (χ0v) is 23.4.